The van der Waals surface area contributed by atoms with Gasteiger partial charge in [-0.2, -0.15) is 0 Å². The van der Waals surface area contributed by atoms with Gasteiger partial charge in [0.05, 0.1) is 19.2 Å². The Bertz CT molecular complexity index is 2260. The van der Waals surface area contributed by atoms with Gasteiger partial charge in [-0.05, 0) is 136 Å². The van der Waals surface area contributed by atoms with Crippen LogP contribution in [0.25, 0.3) is 0 Å². The van der Waals surface area contributed by atoms with Crippen molar-refractivity contribution in [3.05, 3.63) is 0 Å². The number of carboxylic acid groups (broad SMARTS) is 1. The molecule has 0 bridgehead atoms. The zero-order chi connectivity index (χ0) is 65.9. The molecule has 0 radical (unpaired) electrons. The molecular weight excluding hydrogens is 1140 g/mol. The van der Waals surface area contributed by atoms with E-state index in [1.807, 2.05) is 0 Å². The molecule has 32 N–H and O–H groups in total. The average Bonchev–Trinajstić information content (AvgIpc) is 3.24. The predicted molar refractivity (Wildman–Crippen MR) is 320 cm³/mol. The predicted octanol–water partition coefficient (Wildman–Crippen LogP) is -9.59. The summed E-state index contributed by atoms with van der Waals surface area (Å²) in [5, 5.41) is 43.4. The van der Waals surface area contributed by atoms with Crippen LogP contribution < -0.4 is 111 Å². The van der Waals surface area contributed by atoms with Gasteiger partial charge in [-0.15, -0.1) is 0 Å². The lowest BCUT2D eigenvalue weighted by Crippen LogP contribution is -2.59. The number of hydrogen-bond acceptors (Lipinski definition) is 20. The number of unbranched alkanes of at least 4 members (excludes halogenated alkanes) is 4. The van der Waals surface area contributed by atoms with Crippen LogP contribution in [0, 0.1) is 0 Å². The van der Waals surface area contributed by atoms with E-state index in [9.17, 15) is 62.6 Å². The summed E-state index contributed by atoms with van der Waals surface area (Å²) in [6.45, 7) is -0.164. The zero-order valence-electron chi connectivity index (χ0n) is 49.7. The lowest BCUT2D eigenvalue weighted by atomic mass is 10.0. The van der Waals surface area contributed by atoms with Crippen molar-refractivity contribution in [3.8, 4) is 0 Å². The highest BCUT2D eigenvalue weighted by Gasteiger charge is 2.34. The molecule has 11 amide bonds. The topological polar surface area (TPSA) is 651 Å². The number of aliphatic hydroxyl groups is 1. The Hall–Kier alpha value is -8.06. The van der Waals surface area contributed by atoms with Gasteiger partial charge in [0.15, 0.2) is 11.9 Å². The molecule has 0 unspecified atom stereocenters. The number of nitrogens with two attached hydrogens (primary N) is 10. The van der Waals surface area contributed by atoms with Gasteiger partial charge in [0.2, 0.25) is 65.0 Å². The van der Waals surface area contributed by atoms with Crippen LogP contribution >= 0.6 is 0 Å². The summed E-state index contributed by atoms with van der Waals surface area (Å²) in [7, 11) is 0. The maximum absolute atomic E-state index is 14.1. The third-order valence-electron chi connectivity index (χ3n) is 12.9. The molecule has 0 fully saturated rings. The average molecular weight is 1240 g/mol. The third-order valence-corrected chi connectivity index (χ3v) is 12.9. The molecular formula is C51H98N22O14. The number of amides is 11. The molecule has 0 saturated heterocycles. The van der Waals surface area contributed by atoms with E-state index in [1.165, 1.54) is 6.92 Å². The molecule has 0 rings (SSSR count). The molecule has 0 aromatic heterocycles. The number of hydrogen-bond donors (Lipinski definition) is 22. The Morgan fingerprint density at radius 2 is 0.724 bits per heavy atom. The number of carbonyl (C=O) groups is 12. The first-order valence-corrected chi connectivity index (χ1v) is 29.0. The Morgan fingerprint density at radius 3 is 1.13 bits per heavy atom. The van der Waals surface area contributed by atoms with E-state index in [0.717, 1.165) is 0 Å². The fourth-order valence-electron chi connectivity index (χ4n) is 8.08. The van der Waals surface area contributed by atoms with Crippen molar-refractivity contribution in [2.45, 2.75) is 177 Å². The van der Waals surface area contributed by atoms with Crippen molar-refractivity contribution in [1.29, 1.82) is 0 Å². The Kier molecular flexibility index (Phi) is 41.9. The molecule has 0 aliphatic rings. The minimum atomic E-state index is -1.59. The smallest absolute Gasteiger partial charge is 0.322 e. The van der Waals surface area contributed by atoms with Crippen LogP contribution in [-0.2, 0) is 57.5 Å². The second kappa shape index (κ2) is 46.2. The number of nitrogens with one attached hydrogen (secondary N) is 10. The van der Waals surface area contributed by atoms with Gasteiger partial charge < -0.3 is 121 Å². The molecule has 0 aromatic carbocycles. The van der Waals surface area contributed by atoms with Gasteiger partial charge in [-0.3, -0.25) is 67.5 Å². The lowest BCUT2D eigenvalue weighted by Gasteiger charge is -2.26. The Morgan fingerprint density at radius 1 is 0.391 bits per heavy atom. The van der Waals surface area contributed by atoms with E-state index < -0.39 is 145 Å². The highest BCUT2D eigenvalue weighted by atomic mass is 16.4. The molecule has 496 valence electrons. The van der Waals surface area contributed by atoms with Crippen LogP contribution in [0.15, 0.2) is 9.98 Å². The van der Waals surface area contributed by atoms with E-state index in [1.54, 1.807) is 0 Å². The number of aliphatic carboxylic acids is 1. The van der Waals surface area contributed by atoms with E-state index in [-0.39, 0.29) is 109 Å². The van der Waals surface area contributed by atoms with Crippen LogP contribution in [0.1, 0.15) is 122 Å². The number of aliphatic hydroxyl groups excluding tert-OH is 1. The molecule has 0 aliphatic carbocycles. The molecule has 87 heavy (non-hydrogen) atoms. The molecule has 9 atom stereocenters. The second-order valence-corrected chi connectivity index (χ2v) is 20.4. The first-order valence-electron chi connectivity index (χ1n) is 29.0. The largest absolute Gasteiger partial charge is 0.480 e. The first kappa shape index (κ1) is 78.9. The van der Waals surface area contributed by atoms with Crippen LogP contribution in [0.2, 0.25) is 0 Å². The first-order chi connectivity index (χ1) is 41.2. The third kappa shape index (κ3) is 36.5. The van der Waals surface area contributed by atoms with E-state index in [2.05, 4.69) is 63.2 Å². The van der Waals surface area contributed by atoms with Gasteiger partial charge in [0.25, 0.3) is 0 Å². The standard InChI is InChI=1S/C51H98N22O14/c1-29(66-45(83)36(18-19-38(57)75)69-42(80)30(56)12-2-6-20-52)41(79)68-35(17-11-25-63-51(60)61)48(86)70-31(16-10-24-62-50(58)59)43(81)64-26-39(76)67-32(13-3-7-21-53)46(84)71-33(14-4-8-22-54)47(85)72-34(15-5-9-23-55)49(87)73-37(28-74)44(82)65-27-40(77)78/h29-37,74H,2-28,52-56H2,1H3,(H2,57,75)(H,64,81)(H,65,82)(H,66,83)(H,67,76)(H,68,79)(H,69,80)(H,70,86)(H,71,84)(H,72,85)(H,73,87)(H,77,78)(H4,58,59,62)(H4,60,61,63)/t29-,30-,31-,32-,33-,34-,35-,36-,37-/m0/s1. The monoisotopic (exact) mass is 1240 g/mol. The fraction of sp³-hybridized carbons (Fsp3) is 0.725. The normalized spacial score (nSPS) is 14.0. The number of rotatable bonds is 49. The minimum Gasteiger partial charge on any atom is -0.480 e. The number of carboxylic acids is 1. The number of aliphatic imine (C=N–C) groups is 2. The van der Waals surface area contributed by atoms with Crippen molar-refractivity contribution < 1.29 is 67.7 Å². The van der Waals surface area contributed by atoms with E-state index in [0.29, 0.717) is 57.9 Å². The summed E-state index contributed by atoms with van der Waals surface area (Å²) in [6, 6.07) is -12.2. The molecule has 0 saturated carbocycles. The number of guanidine groups is 2. The molecule has 36 nitrogen and oxygen atoms in total. The van der Waals surface area contributed by atoms with E-state index >= 15 is 0 Å². The Labute approximate surface area is 505 Å². The fourth-order valence-corrected chi connectivity index (χ4v) is 8.08. The van der Waals surface area contributed by atoms with Crippen molar-refractivity contribution >= 4 is 82.9 Å². The summed E-state index contributed by atoms with van der Waals surface area (Å²) < 4.78 is 0. The van der Waals surface area contributed by atoms with Crippen molar-refractivity contribution in [3.63, 3.8) is 0 Å². The van der Waals surface area contributed by atoms with Crippen LogP contribution in [0.5, 0.6) is 0 Å². The highest BCUT2D eigenvalue weighted by molar-refractivity contribution is 5.98. The summed E-state index contributed by atoms with van der Waals surface area (Å²) in [6.07, 6.45) is 2.93. The maximum atomic E-state index is 14.1. The number of primary amides is 1. The molecule has 0 heterocycles. The molecule has 36 heteroatoms. The summed E-state index contributed by atoms with van der Waals surface area (Å²) in [4.78, 5) is 166. The van der Waals surface area contributed by atoms with Gasteiger partial charge in [-0.1, -0.05) is 6.42 Å². The van der Waals surface area contributed by atoms with Crippen molar-refractivity contribution in [2.24, 2.45) is 67.3 Å². The van der Waals surface area contributed by atoms with Crippen molar-refractivity contribution in [2.75, 3.05) is 59.0 Å². The summed E-state index contributed by atoms with van der Waals surface area (Å²) >= 11 is 0. The molecule has 0 aromatic rings. The van der Waals surface area contributed by atoms with Crippen LogP contribution in [0.4, 0.5) is 0 Å². The van der Waals surface area contributed by atoms with Gasteiger partial charge in [-0.25, -0.2) is 0 Å². The van der Waals surface area contributed by atoms with E-state index in [4.69, 9.17) is 62.4 Å². The second-order valence-electron chi connectivity index (χ2n) is 20.4. The molecule has 0 aliphatic heterocycles. The van der Waals surface area contributed by atoms with Crippen LogP contribution in [-0.4, -0.2) is 206 Å². The lowest BCUT2D eigenvalue weighted by molar-refractivity contribution is -0.139. The summed E-state index contributed by atoms with van der Waals surface area (Å²) in [5.74, 6) is -11.5. The maximum Gasteiger partial charge on any atom is 0.322 e. The summed E-state index contributed by atoms with van der Waals surface area (Å²) in [5.41, 5.74) is 55.9. The SMILES string of the molecule is C[C@H](NC(=O)[C@H](CCC(N)=O)NC(=O)[C@@H](N)CCCCN)C(=O)N[C@@H](CCCN=C(N)N)C(=O)N[C@@H](CCCN=C(N)N)C(=O)NCC(=O)N[C@@H](CCCCN)C(=O)N[C@@H](CCCCN)C(=O)N[C@@H](CCCCN)C(=O)N[C@@H](CO)C(=O)NCC(=O)O. The molecule has 0 spiro atoms. The minimum absolute atomic E-state index is 0.00168. The van der Waals surface area contributed by atoms with Gasteiger partial charge in [0.1, 0.15) is 54.9 Å². The number of nitrogens with zero attached hydrogens (tertiary/aromatic N) is 2. The zero-order valence-corrected chi connectivity index (χ0v) is 49.7. The highest BCUT2D eigenvalue weighted by Crippen LogP contribution is 2.10. The van der Waals surface area contributed by atoms with Gasteiger partial charge >= 0.3 is 5.97 Å². The Balaban J connectivity index is 6.68. The van der Waals surface area contributed by atoms with Crippen LogP contribution in [0.3, 0.4) is 0 Å². The van der Waals surface area contributed by atoms with Crippen molar-refractivity contribution in [1.82, 2.24) is 53.2 Å². The van der Waals surface area contributed by atoms with Gasteiger partial charge in [0, 0.05) is 19.5 Å². The number of carbonyl (C=O) groups excluding carboxylic acids is 11. The quantitative estimate of drug-likeness (QED) is 0.0153.